The molecule has 0 bridgehead atoms. The van der Waals surface area contributed by atoms with Crippen molar-refractivity contribution in [2.24, 2.45) is 0 Å². The zero-order chi connectivity index (χ0) is 10.2. The second-order valence-electron chi connectivity index (χ2n) is 3.65. The molecule has 4 heteroatoms. The molecule has 0 amide bonds. The molecule has 0 aliphatic heterocycles. The maximum absolute atomic E-state index is 8.71. The van der Waals surface area contributed by atoms with E-state index in [1.165, 1.54) is 25.7 Å². The van der Waals surface area contributed by atoms with Crippen molar-refractivity contribution in [2.75, 3.05) is 6.16 Å². The van der Waals surface area contributed by atoms with Gasteiger partial charge in [0, 0.05) is 0 Å². The predicted molar refractivity (Wildman–Crippen MR) is 57.8 cm³/mol. The van der Waals surface area contributed by atoms with Crippen molar-refractivity contribution < 1.29 is 14.7 Å². The Morgan fingerprint density at radius 2 is 1.23 bits per heavy atom. The van der Waals surface area contributed by atoms with Gasteiger partial charge >= 0.3 is 80.7 Å². The molecule has 82 valence electrons. The van der Waals surface area contributed by atoms with E-state index in [9.17, 15) is 0 Å². The summed E-state index contributed by atoms with van der Waals surface area (Å²) >= 11 is 0. The average molecular weight is 210 g/mol. The van der Waals surface area contributed by atoms with Crippen molar-refractivity contribution >= 4 is 7.94 Å². The molecule has 0 aliphatic rings. The van der Waals surface area contributed by atoms with Gasteiger partial charge in [-0.25, -0.2) is 0 Å². The molecule has 0 aromatic rings. The first-order chi connectivity index (χ1) is 6.06. The van der Waals surface area contributed by atoms with Crippen molar-refractivity contribution in [3.8, 4) is 0 Å². The van der Waals surface area contributed by atoms with Gasteiger partial charge in [0.25, 0.3) is 0 Å². The van der Waals surface area contributed by atoms with Gasteiger partial charge in [-0.1, -0.05) is 0 Å². The van der Waals surface area contributed by atoms with Crippen LogP contribution in [0.2, 0.25) is 0 Å². The van der Waals surface area contributed by atoms with E-state index in [1.54, 1.807) is 0 Å². The monoisotopic (exact) mass is 210 g/mol. The van der Waals surface area contributed by atoms with Crippen LogP contribution in [0.3, 0.4) is 0 Å². The summed E-state index contributed by atoms with van der Waals surface area (Å²) in [5, 5.41) is 0. The summed E-state index contributed by atoms with van der Waals surface area (Å²) in [4.78, 5) is 26.1. The van der Waals surface area contributed by atoms with Gasteiger partial charge in [0.1, 0.15) is 0 Å². The predicted octanol–water partition coefficient (Wildman–Crippen LogP) is 2.21. The molecule has 0 rings (SSSR count). The molecular weight excluding hydrogens is 187 g/mol. The standard InChI is InChI=1S/C9H23O3P/c1-2-3-4-5-6-7-8-9-13(10,11)12/h10-13H,2-9H2,1H3. The zero-order valence-electron chi connectivity index (χ0n) is 8.50. The minimum absolute atomic E-state index is 0.195. The van der Waals surface area contributed by atoms with Crippen LogP contribution in [0.25, 0.3) is 0 Å². The van der Waals surface area contributed by atoms with Crippen molar-refractivity contribution in [3.05, 3.63) is 0 Å². The second-order valence-corrected chi connectivity index (χ2v) is 5.69. The van der Waals surface area contributed by atoms with E-state index in [0.717, 1.165) is 19.3 Å². The molecule has 0 fully saturated rings. The first-order valence-corrected chi connectivity index (χ1v) is 7.28. The van der Waals surface area contributed by atoms with E-state index in [2.05, 4.69) is 6.92 Å². The molecule has 0 atom stereocenters. The Hall–Kier alpha value is 0.310. The molecule has 0 radical (unpaired) electrons. The Morgan fingerprint density at radius 3 is 1.69 bits per heavy atom. The van der Waals surface area contributed by atoms with Gasteiger partial charge < -0.3 is 0 Å². The van der Waals surface area contributed by atoms with Gasteiger partial charge in [0.15, 0.2) is 0 Å². The Balaban J connectivity index is 3.00. The van der Waals surface area contributed by atoms with Crippen molar-refractivity contribution in [1.82, 2.24) is 0 Å². The summed E-state index contributed by atoms with van der Waals surface area (Å²) in [6.45, 7) is 2.18. The third-order valence-corrected chi connectivity index (χ3v) is 3.14. The number of unbranched alkanes of at least 4 members (excludes halogenated alkanes) is 6. The van der Waals surface area contributed by atoms with E-state index in [4.69, 9.17) is 14.7 Å². The fraction of sp³-hybridized carbons (Fsp3) is 1.00. The third kappa shape index (κ3) is 12.3. The minimum atomic E-state index is -3.73. The molecular formula is C9H23O3P. The van der Waals surface area contributed by atoms with Gasteiger partial charge in [0.2, 0.25) is 0 Å². The second kappa shape index (κ2) is 7.69. The molecule has 3 N–H and O–H groups in total. The van der Waals surface area contributed by atoms with E-state index < -0.39 is 7.94 Å². The van der Waals surface area contributed by atoms with E-state index >= 15 is 0 Å². The van der Waals surface area contributed by atoms with Crippen LogP contribution in [0.4, 0.5) is 0 Å². The van der Waals surface area contributed by atoms with Crippen LogP contribution >= 0.6 is 7.94 Å². The summed E-state index contributed by atoms with van der Waals surface area (Å²) in [6.07, 6.45) is 8.12. The molecule has 13 heavy (non-hydrogen) atoms. The van der Waals surface area contributed by atoms with E-state index in [0.29, 0.717) is 0 Å². The third-order valence-electron chi connectivity index (χ3n) is 2.12. The first-order valence-electron chi connectivity index (χ1n) is 5.23. The summed E-state index contributed by atoms with van der Waals surface area (Å²) in [7, 11) is -3.73. The molecule has 0 saturated carbocycles. The zero-order valence-corrected chi connectivity index (χ0v) is 9.50. The van der Waals surface area contributed by atoms with Crippen LogP contribution in [-0.2, 0) is 0 Å². The van der Waals surface area contributed by atoms with Gasteiger partial charge in [-0.15, -0.1) is 0 Å². The average Bonchev–Trinajstić information content (AvgIpc) is 2.01. The topological polar surface area (TPSA) is 60.7 Å². The molecule has 0 spiro atoms. The van der Waals surface area contributed by atoms with Crippen LogP contribution in [0.15, 0.2) is 0 Å². The SMILES string of the molecule is CCCCCCCCC[PH](O)(O)O. The first kappa shape index (κ1) is 13.3. The van der Waals surface area contributed by atoms with Crippen molar-refractivity contribution in [1.29, 1.82) is 0 Å². The van der Waals surface area contributed by atoms with Crippen LogP contribution in [0.5, 0.6) is 0 Å². The molecule has 0 unspecified atom stereocenters. The number of hydrogen-bond acceptors (Lipinski definition) is 3. The van der Waals surface area contributed by atoms with Crippen LogP contribution in [0, 0.1) is 0 Å². The summed E-state index contributed by atoms with van der Waals surface area (Å²) in [5.41, 5.74) is 0. The van der Waals surface area contributed by atoms with Gasteiger partial charge in [0.05, 0.1) is 0 Å². The fourth-order valence-electron chi connectivity index (χ4n) is 1.32. The van der Waals surface area contributed by atoms with Gasteiger partial charge in [-0.2, -0.15) is 0 Å². The fourth-order valence-corrected chi connectivity index (χ4v) is 2.04. The number of rotatable bonds is 8. The Bertz CT molecular complexity index is 112. The summed E-state index contributed by atoms with van der Waals surface area (Å²) < 4.78 is 0. The Kier molecular flexibility index (Phi) is 7.87. The molecule has 0 aromatic carbocycles. The molecule has 0 saturated heterocycles. The Morgan fingerprint density at radius 1 is 0.769 bits per heavy atom. The normalized spacial score (nSPS) is 13.2. The van der Waals surface area contributed by atoms with E-state index in [-0.39, 0.29) is 6.16 Å². The van der Waals surface area contributed by atoms with Crippen molar-refractivity contribution in [2.45, 2.75) is 51.9 Å². The van der Waals surface area contributed by atoms with E-state index in [1.807, 2.05) is 0 Å². The van der Waals surface area contributed by atoms with Gasteiger partial charge in [-0.05, 0) is 0 Å². The maximum atomic E-state index is 8.71. The van der Waals surface area contributed by atoms with Crippen LogP contribution < -0.4 is 0 Å². The van der Waals surface area contributed by atoms with Gasteiger partial charge in [-0.3, -0.25) is 0 Å². The number of hydrogen-bond donors (Lipinski definition) is 3. The molecule has 0 aromatic heterocycles. The van der Waals surface area contributed by atoms with Crippen molar-refractivity contribution in [3.63, 3.8) is 0 Å². The van der Waals surface area contributed by atoms with Crippen LogP contribution in [0.1, 0.15) is 51.9 Å². The molecule has 0 aliphatic carbocycles. The quantitative estimate of drug-likeness (QED) is 0.425. The summed E-state index contributed by atoms with van der Waals surface area (Å²) in [6, 6.07) is 0. The van der Waals surface area contributed by atoms with Crippen LogP contribution in [-0.4, -0.2) is 20.8 Å². The molecule has 3 nitrogen and oxygen atoms in total. The molecule has 0 heterocycles. The summed E-state index contributed by atoms with van der Waals surface area (Å²) in [5.74, 6) is 0. The Labute approximate surface area is 81.4 Å².